The predicted molar refractivity (Wildman–Crippen MR) is 167 cm³/mol. The molecule has 1 aliphatic heterocycles. The highest BCUT2D eigenvalue weighted by atomic mass is 32.1. The molecule has 3 N–H and O–H groups in total. The first-order valence-corrected chi connectivity index (χ1v) is 15.6. The summed E-state index contributed by atoms with van der Waals surface area (Å²) < 4.78 is 5.47. The first-order chi connectivity index (χ1) is 18.9. The van der Waals surface area contributed by atoms with Crippen molar-refractivity contribution in [1.29, 1.82) is 0 Å². The number of benzene rings is 1. The third kappa shape index (κ3) is 8.23. The highest BCUT2D eigenvalue weighted by molar-refractivity contribution is 7.17. The second-order valence-electron chi connectivity index (χ2n) is 13.3. The number of hydrogen-bond acceptors (Lipinski definition) is 5. The van der Waals surface area contributed by atoms with E-state index in [2.05, 4.69) is 54.3 Å². The molecule has 1 saturated heterocycles. The molecule has 0 atom stereocenters. The van der Waals surface area contributed by atoms with Gasteiger partial charge in [0.25, 0.3) is 5.91 Å². The largest absolute Gasteiger partial charge is 0.383 e. The molecule has 2 aromatic rings. The van der Waals surface area contributed by atoms with E-state index in [4.69, 9.17) is 15.5 Å². The Hall–Kier alpha value is -2.58. The van der Waals surface area contributed by atoms with Crippen LogP contribution >= 0.6 is 11.3 Å². The molecule has 0 bridgehead atoms. The fourth-order valence-corrected chi connectivity index (χ4v) is 6.42. The summed E-state index contributed by atoms with van der Waals surface area (Å²) in [6.45, 7) is 14.0. The minimum atomic E-state index is -0.212. The summed E-state index contributed by atoms with van der Waals surface area (Å²) in [6, 6.07) is 6.53. The number of hydrogen-bond donors (Lipinski definition) is 2. The quantitative estimate of drug-likeness (QED) is 0.289. The average molecular weight is 566 g/mol. The molecule has 1 aromatic heterocycles. The minimum Gasteiger partial charge on any atom is -0.383 e. The van der Waals surface area contributed by atoms with E-state index in [9.17, 15) is 4.79 Å². The highest BCUT2D eigenvalue weighted by Crippen LogP contribution is 2.38. The van der Waals surface area contributed by atoms with Crippen LogP contribution in [0.1, 0.15) is 113 Å². The lowest BCUT2D eigenvalue weighted by atomic mass is 9.82. The van der Waals surface area contributed by atoms with E-state index in [-0.39, 0.29) is 22.9 Å². The summed E-state index contributed by atoms with van der Waals surface area (Å²) in [7, 11) is 0. The van der Waals surface area contributed by atoms with E-state index < -0.39 is 0 Å². The fraction of sp³-hybridized carbons (Fsp3) is 0.625. The molecule has 2 fully saturated rings. The van der Waals surface area contributed by atoms with Crippen LogP contribution in [-0.2, 0) is 16.6 Å². The third-order valence-corrected chi connectivity index (χ3v) is 8.81. The van der Waals surface area contributed by atoms with Gasteiger partial charge in [0.15, 0.2) is 5.01 Å². The zero-order valence-electron chi connectivity index (χ0n) is 25.2. The number of carbonyl (C=O) groups is 1. The molecule has 1 aromatic carbocycles. The lowest BCUT2D eigenvalue weighted by Gasteiger charge is -2.24. The second-order valence-corrected chi connectivity index (χ2v) is 14.3. The zero-order chi connectivity index (χ0) is 28.9. The normalized spacial score (nSPS) is 18.4. The van der Waals surface area contributed by atoms with Crippen molar-refractivity contribution in [2.75, 3.05) is 13.2 Å². The number of ether oxygens (including phenoxy) is 1. The Kier molecular flexibility index (Phi) is 9.83. The van der Waals surface area contributed by atoms with Crippen LogP contribution in [-0.4, -0.2) is 47.9 Å². The first kappa shape index (κ1) is 30.4. The van der Waals surface area contributed by atoms with Gasteiger partial charge in [-0.1, -0.05) is 65.0 Å². The molecule has 8 heteroatoms. The first-order valence-electron chi connectivity index (χ1n) is 14.8. The van der Waals surface area contributed by atoms with Crippen LogP contribution in [0.3, 0.4) is 0 Å². The van der Waals surface area contributed by atoms with E-state index in [0.29, 0.717) is 30.0 Å². The maximum atomic E-state index is 13.3. The number of nitrogens with one attached hydrogen (secondary N) is 1. The number of nitrogens with zero attached hydrogens (tertiary/aromatic N) is 3. The van der Waals surface area contributed by atoms with Crippen molar-refractivity contribution in [2.45, 2.75) is 110 Å². The molecule has 1 saturated carbocycles. The molecular weight excluding hydrogens is 518 g/mol. The molecule has 1 amide bonds. The van der Waals surface area contributed by atoms with E-state index >= 15 is 0 Å². The maximum Gasteiger partial charge on any atom is 0.280 e. The van der Waals surface area contributed by atoms with E-state index in [1.807, 2.05) is 20.8 Å². The zero-order valence-corrected chi connectivity index (χ0v) is 26.0. The van der Waals surface area contributed by atoms with Gasteiger partial charge in [-0.2, -0.15) is 0 Å². The Labute approximate surface area is 244 Å². The predicted octanol–water partition coefficient (Wildman–Crippen LogP) is 6.67. The van der Waals surface area contributed by atoms with Gasteiger partial charge < -0.3 is 15.8 Å². The lowest BCUT2D eigenvalue weighted by molar-refractivity contribution is 0.0696. The van der Waals surface area contributed by atoms with Gasteiger partial charge in [-0.25, -0.2) is 9.98 Å². The van der Waals surface area contributed by atoms with Crippen molar-refractivity contribution in [1.82, 2.24) is 10.3 Å². The minimum absolute atomic E-state index is 0.0739. The number of aromatic nitrogens is 1. The molecular formula is C32H47N5O2S. The summed E-state index contributed by atoms with van der Waals surface area (Å²) in [6.07, 6.45) is 10.5. The van der Waals surface area contributed by atoms with Crippen molar-refractivity contribution >= 4 is 29.4 Å². The number of rotatable bonds is 7. The SMILES string of the molecule is CC(C)(C)N=CN=C(N)c1ccc(-c2sc(C(=O)NC3CCOCC3)nc2CC2CCCCC2)cc1C(C)(C)C. The number of amides is 1. The number of aliphatic imine (C=N–C) groups is 2. The molecule has 40 heavy (non-hydrogen) atoms. The summed E-state index contributed by atoms with van der Waals surface area (Å²) in [4.78, 5) is 28.3. The lowest BCUT2D eigenvalue weighted by Crippen LogP contribution is -2.38. The average Bonchev–Trinajstić information content (AvgIpc) is 3.32. The monoisotopic (exact) mass is 565 g/mol. The molecule has 0 unspecified atom stereocenters. The van der Waals surface area contributed by atoms with Crippen molar-refractivity contribution in [3.05, 3.63) is 40.0 Å². The molecule has 0 spiro atoms. The summed E-state index contributed by atoms with van der Waals surface area (Å²) >= 11 is 1.51. The van der Waals surface area contributed by atoms with Crippen molar-refractivity contribution in [3.8, 4) is 10.4 Å². The topological polar surface area (TPSA) is 102 Å². The second kappa shape index (κ2) is 12.9. The van der Waals surface area contributed by atoms with Gasteiger partial charge in [0, 0.05) is 24.8 Å². The summed E-state index contributed by atoms with van der Waals surface area (Å²) in [5.41, 5.74) is 10.3. The fourth-order valence-electron chi connectivity index (χ4n) is 5.43. The third-order valence-electron chi connectivity index (χ3n) is 7.66. The van der Waals surface area contributed by atoms with Crippen LogP contribution in [0.15, 0.2) is 28.2 Å². The van der Waals surface area contributed by atoms with Crippen molar-refractivity contribution < 1.29 is 9.53 Å². The summed E-state index contributed by atoms with van der Waals surface area (Å²) in [5, 5.41) is 3.75. The van der Waals surface area contributed by atoms with Gasteiger partial charge in [-0.3, -0.25) is 9.79 Å². The molecule has 0 radical (unpaired) electrons. The van der Waals surface area contributed by atoms with E-state index in [0.717, 1.165) is 46.5 Å². The van der Waals surface area contributed by atoms with Crippen molar-refractivity contribution in [2.24, 2.45) is 21.6 Å². The maximum absolute atomic E-state index is 13.3. The van der Waals surface area contributed by atoms with Crippen LogP contribution in [0.2, 0.25) is 0 Å². The molecule has 218 valence electrons. The Balaban J connectivity index is 1.70. The van der Waals surface area contributed by atoms with E-state index in [1.54, 1.807) is 6.34 Å². The van der Waals surface area contributed by atoms with Crippen LogP contribution in [0.5, 0.6) is 0 Å². The number of nitrogens with two attached hydrogens (primary N) is 1. The number of amidine groups is 1. The van der Waals surface area contributed by atoms with Gasteiger partial charge in [0.1, 0.15) is 12.2 Å². The van der Waals surface area contributed by atoms with Crippen LogP contribution < -0.4 is 11.1 Å². The Bertz CT molecular complexity index is 1220. The van der Waals surface area contributed by atoms with Gasteiger partial charge >= 0.3 is 0 Å². The number of thiazole rings is 1. The van der Waals surface area contributed by atoms with Crippen LogP contribution in [0.25, 0.3) is 10.4 Å². The molecule has 1 aliphatic carbocycles. The molecule has 2 aliphatic rings. The van der Waals surface area contributed by atoms with Gasteiger partial charge in [0.2, 0.25) is 0 Å². The van der Waals surface area contributed by atoms with Crippen LogP contribution in [0.4, 0.5) is 0 Å². The molecule has 7 nitrogen and oxygen atoms in total. The van der Waals surface area contributed by atoms with E-state index in [1.165, 1.54) is 43.4 Å². The van der Waals surface area contributed by atoms with Gasteiger partial charge in [-0.15, -0.1) is 11.3 Å². The Morgan fingerprint density at radius 3 is 2.45 bits per heavy atom. The van der Waals surface area contributed by atoms with Crippen LogP contribution in [0, 0.1) is 5.92 Å². The van der Waals surface area contributed by atoms with Gasteiger partial charge in [0.05, 0.1) is 16.1 Å². The highest BCUT2D eigenvalue weighted by Gasteiger charge is 2.26. The van der Waals surface area contributed by atoms with Gasteiger partial charge in [-0.05, 0) is 68.6 Å². The number of carbonyl (C=O) groups excluding carboxylic acids is 1. The van der Waals surface area contributed by atoms with Crippen molar-refractivity contribution in [3.63, 3.8) is 0 Å². The summed E-state index contributed by atoms with van der Waals surface area (Å²) in [5.74, 6) is 0.996. The molecule has 4 rings (SSSR count). The molecule has 2 heterocycles. The Morgan fingerprint density at radius 1 is 1.10 bits per heavy atom. The smallest absolute Gasteiger partial charge is 0.280 e. The standard InChI is InChI=1S/C32H47N5O2S/c1-31(2,3)25-19-22(12-13-24(25)28(33)34-20-35-32(4,5)6)27-26(18-21-10-8-7-9-11-21)37-30(40-27)29(38)36-23-14-16-39-17-15-23/h12-13,19-21,23H,7-11,14-18H2,1-6H3,(H,36,38)(H2,33,34,35). The Morgan fingerprint density at radius 2 is 1.80 bits per heavy atom.